The number of rotatable bonds is 5. The first-order valence-corrected chi connectivity index (χ1v) is 7.65. The quantitative estimate of drug-likeness (QED) is 0.382. The first kappa shape index (κ1) is 18.3. The smallest absolute Gasteiger partial charge is 0.191 e. The number of thioether (sulfide) groups is 1. The highest BCUT2D eigenvalue weighted by atomic mass is 127. The Morgan fingerprint density at radius 3 is 2.89 bits per heavy atom. The Balaban J connectivity index is 0.00000289. The molecule has 2 atom stereocenters. The van der Waals surface area contributed by atoms with E-state index in [1.165, 1.54) is 24.3 Å². The largest absolute Gasteiger partial charge is 0.396 e. The Morgan fingerprint density at radius 1 is 1.56 bits per heavy atom. The lowest BCUT2D eigenvalue weighted by Gasteiger charge is -2.24. The summed E-state index contributed by atoms with van der Waals surface area (Å²) in [5.41, 5.74) is 0. The van der Waals surface area contributed by atoms with E-state index in [1.807, 2.05) is 18.7 Å². The van der Waals surface area contributed by atoms with Crippen molar-refractivity contribution in [1.29, 1.82) is 0 Å². The van der Waals surface area contributed by atoms with Crippen LogP contribution in [-0.4, -0.2) is 48.3 Å². The fourth-order valence-electron chi connectivity index (χ4n) is 1.67. The van der Waals surface area contributed by atoms with Crippen LogP contribution in [0.3, 0.4) is 0 Å². The van der Waals surface area contributed by atoms with E-state index in [1.54, 1.807) is 0 Å². The first-order chi connectivity index (χ1) is 8.26. The molecule has 4 nitrogen and oxygen atoms in total. The predicted molar refractivity (Wildman–Crippen MR) is 91.1 cm³/mol. The molecule has 0 aliphatic carbocycles. The molecule has 0 bridgehead atoms. The number of nitrogens with one attached hydrogen (secondary N) is 2. The van der Waals surface area contributed by atoms with Crippen molar-refractivity contribution >= 4 is 41.7 Å². The second-order valence-electron chi connectivity index (χ2n) is 4.57. The van der Waals surface area contributed by atoms with Gasteiger partial charge in [-0.25, -0.2) is 0 Å². The van der Waals surface area contributed by atoms with Gasteiger partial charge in [0, 0.05) is 31.5 Å². The zero-order valence-electron chi connectivity index (χ0n) is 11.3. The number of guanidine groups is 1. The van der Waals surface area contributed by atoms with Gasteiger partial charge < -0.3 is 15.7 Å². The molecule has 0 spiro atoms. The van der Waals surface area contributed by atoms with Gasteiger partial charge in [0.25, 0.3) is 0 Å². The van der Waals surface area contributed by atoms with Gasteiger partial charge in [-0.05, 0) is 31.4 Å². The van der Waals surface area contributed by atoms with Crippen molar-refractivity contribution in [1.82, 2.24) is 10.6 Å². The van der Waals surface area contributed by atoms with Gasteiger partial charge in [0.15, 0.2) is 5.96 Å². The maximum absolute atomic E-state index is 8.99. The van der Waals surface area contributed by atoms with Crippen molar-refractivity contribution in [3.63, 3.8) is 0 Å². The summed E-state index contributed by atoms with van der Waals surface area (Å²) in [6.45, 7) is 5.82. The van der Waals surface area contributed by atoms with Crippen molar-refractivity contribution in [3.05, 3.63) is 0 Å². The third kappa shape index (κ3) is 7.68. The molecule has 1 heterocycles. The van der Waals surface area contributed by atoms with Crippen molar-refractivity contribution in [2.45, 2.75) is 32.7 Å². The van der Waals surface area contributed by atoms with E-state index in [2.05, 4.69) is 22.5 Å². The molecule has 18 heavy (non-hydrogen) atoms. The lowest BCUT2D eigenvalue weighted by atomic mass is 10.2. The highest BCUT2D eigenvalue weighted by molar-refractivity contribution is 14.0. The lowest BCUT2D eigenvalue weighted by molar-refractivity contribution is 0.241. The van der Waals surface area contributed by atoms with E-state index in [0.29, 0.717) is 12.6 Å². The minimum Gasteiger partial charge on any atom is -0.396 e. The average Bonchev–Trinajstić information content (AvgIpc) is 2.37. The summed E-state index contributed by atoms with van der Waals surface area (Å²) >= 11 is 2.01. The first-order valence-electron chi connectivity index (χ1n) is 6.49. The van der Waals surface area contributed by atoms with Gasteiger partial charge in [-0.3, -0.25) is 4.99 Å². The van der Waals surface area contributed by atoms with E-state index in [9.17, 15) is 0 Å². The van der Waals surface area contributed by atoms with Gasteiger partial charge in [0.2, 0.25) is 0 Å². The van der Waals surface area contributed by atoms with Gasteiger partial charge in [-0.15, -0.1) is 24.0 Å². The van der Waals surface area contributed by atoms with Crippen LogP contribution < -0.4 is 10.6 Å². The molecule has 1 saturated heterocycles. The van der Waals surface area contributed by atoms with Crippen LogP contribution in [0.25, 0.3) is 0 Å². The third-order valence-electron chi connectivity index (χ3n) is 2.72. The molecule has 1 rings (SSSR count). The molecular weight excluding hydrogens is 361 g/mol. The Kier molecular flexibility index (Phi) is 11.4. The molecule has 0 aromatic carbocycles. The number of aliphatic hydroxyl groups excluding tert-OH is 1. The number of aliphatic hydroxyl groups is 1. The van der Waals surface area contributed by atoms with E-state index >= 15 is 0 Å². The Morgan fingerprint density at radius 2 is 2.33 bits per heavy atom. The van der Waals surface area contributed by atoms with E-state index < -0.39 is 0 Å². The van der Waals surface area contributed by atoms with Gasteiger partial charge in [0.05, 0.1) is 0 Å². The van der Waals surface area contributed by atoms with Gasteiger partial charge in [0.1, 0.15) is 0 Å². The van der Waals surface area contributed by atoms with Crippen LogP contribution >= 0.6 is 35.7 Å². The van der Waals surface area contributed by atoms with Crippen LogP contribution in [0.15, 0.2) is 4.99 Å². The summed E-state index contributed by atoms with van der Waals surface area (Å²) in [6, 6.07) is 0.538. The second-order valence-corrected chi connectivity index (χ2v) is 5.72. The summed E-state index contributed by atoms with van der Waals surface area (Å²) in [5, 5.41) is 15.7. The van der Waals surface area contributed by atoms with Crippen LogP contribution in [-0.2, 0) is 0 Å². The minimum absolute atomic E-state index is 0. The van der Waals surface area contributed by atoms with Gasteiger partial charge >= 0.3 is 0 Å². The number of aliphatic imine (C=N–C) groups is 1. The van der Waals surface area contributed by atoms with Crippen LogP contribution in [0.1, 0.15) is 26.7 Å². The monoisotopic (exact) mass is 387 g/mol. The molecule has 1 aliphatic heterocycles. The molecule has 0 radical (unpaired) electrons. The fourth-order valence-corrected chi connectivity index (χ4v) is 2.74. The Bertz CT molecular complexity index is 235. The Labute approximate surface area is 132 Å². The average molecular weight is 387 g/mol. The Hall–Kier alpha value is 0.310. The maximum atomic E-state index is 8.99. The molecule has 0 aromatic heterocycles. The van der Waals surface area contributed by atoms with Crippen LogP contribution in [0.4, 0.5) is 0 Å². The minimum atomic E-state index is 0. The van der Waals surface area contributed by atoms with Crippen molar-refractivity contribution < 1.29 is 5.11 Å². The normalized spacial score (nSPS) is 21.9. The molecule has 6 heteroatoms. The third-order valence-corrected chi connectivity index (χ3v) is 3.93. The summed E-state index contributed by atoms with van der Waals surface area (Å²) in [5.74, 6) is 3.57. The zero-order valence-corrected chi connectivity index (χ0v) is 14.5. The molecule has 108 valence electrons. The molecule has 1 aliphatic rings. The van der Waals surface area contributed by atoms with Crippen molar-refractivity contribution in [2.24, 2.45) is 10.9 Å². The van der Waals surface area contributed by atoms with Crippen LogP contribution in [0.2, 0.25) is 0 Å². The zero-order chi connectivity index (χ0) is 12.5. The number of halogens is 1. The summed E-state index contributed by atoms with van der Waals surface area (Å²) in [7, 11) is 0. The molecule has 3 N–H and O–H groups in total. The number of nitrogens with zero attached hydrogens (tertiary/aromatic N) is 1. The highest BCUT2D eigenvalue weighted by Gasteiger charge is 2.14. The van der Waals surface area contributed by atoms with E-state index in [-0.39, 0.29) is 36.5 Å². The van der Waals surface area contributed by atoms with Gasteiger partial charge in [-0.2, -0.15) is 11.8 Å². The summed E-state index contributed by atoms with van der Waals surface area (Å²) in [6.07, 6.45) is 2.52. The molecule has 0 aromatic rings. The highest BCUT2D eigenvalue weighted by Crippen LogP contribution is 2.16. The summed E-state index contributed by atoms with van der Waals surface area (Å²) < 4.78 is 0. The summed E-state index contributed by atoms with van der Waals surface area (Å²) in [4.78, 5) is 4.50. The standard InChI is InChI=1S/C12H25N3OS.HI/c1-3-13-12(14-7-10(2)8-16)15-11-5-4-6-17-9-11;/h10-11,16H,3-9H2,1-2H3,(H2,13,14,15);1H. The molecule has 0 saturated carbocycles. The van der Waals surface area contributed by atoms with Crippen LogP contribution in [0.5, 0.6) is 0 Å². The topological polar surface area (TPSA) is 56.7 Å². The molecule has 2 unspecified atom stereocenters. The van der Waals surface area contributed by atoms with E-state index in [4.69, 9.17) is 5.11 Å². The predicted octanol–water partition coefficient (Wildman–Crippen LogP) is 1.68. The lowest BCUT2D eigenvalue weighted by Crippen LogP contribution is -2.45. The molecule has 1 fully saturated rings. The second kappa shape index (κ2) is 11.2. The molecule has 0 amide bonds. The van der Waals surface area contributed by atoms with Gasteiger partial charge in [-0.1, -0.05) is 6.92 Å². The van der Waals surface area contributed by atoms with E-state index in [0.717, 1.165) is 12.5 Å². The number of hydrogen-bond donors (Lipinski definition) is 3. The fraction of sp³-hybridized carbons (Fsp3) is 0.917. The SMILES string of the molecule is CCNC(=NCC(C)CO)NC1CCCSC1.I. The maximum Gasteiger partial charge on any atom is 0.191 e. The molecular formula is C12H26IN3OS. The van der Waals surface area contributed by atoms with Crippen molar-refractivity contribution in [3.8, 4) is 0 Å². The van der Waals surface area contributed by atoms with Crippen LogP contribution in [0, 0.1) is 5.92 Å². The van der Waals surface area contributed by atoms with Crippen molar-refractivity contribution in [2.75, 3.05) is 31.2 Å². The number of hydrogen-bond acceptors (Lipinski definition) is 3.